The van der Waals surface area contributed by atoms with Gasteiger partial charge in [0.1, 0.15) is 29.4 Å². The molecule has 0 radical (unpaired) electrons. The molecule has 0 unspecified atom stereocenters. The van der Waals surface area contributed by atoms with Crippen LogP contribution in [-0.4, -0.2) is 83.9 Å². The maximum atomic E-state index is 13.3. The highest BCUT2D eigenvalue weighted by atomic mass is 79.9. The minimum absolute atomic E-state index is 0.00341. The van der Waals surface area contributed by atoms with Gasteiger partial charge in [-0.2, -0.15) is 0 Å². The molecule has 0 bridgehead atoms. The number of carbonyl (C=O) groups is 6. The number of carbonyl (C=O) groups excluding carboxylic acids is 6. The number of ether oxygens (including phenoxy) is 3. The van der Waals surface area contributed by atoms with E-state index < -0.39 is 41.3 Å². The van der Waals surface area contributed by atoms with Crippen molar-refractivity contribution in [1.82, 2.24) is 21.3 Å². The summed E-state index contributed by atoms with van der Waals surface area (Å²) in [5.74, 6) is -0.545. The number of Topliss-reactive ketones (excluding diaryl/α,β-unsaturated/α-hetero) is 2. The standard InChI is InChI=1S/C24H35FN2O5.C18H31BrN2O4/c1-24(2,3)32-23(30)26-14-7-6-13-20(27-22(29)17-9-4-5-10-17)21(28)16-31-19-12-8-11-18(25)15-19;1-18(2,3)25-17(24)20-11-7-6-10-14(15(22)12-19)21-16(23)13-8-4-5-9-13/h8,11-12,15,17,20H,4-7,9-10,13-14,16H2,1-3H3,(H,26,30)(H,27,29);13-14H,4-12H2,1-3H3,(H,20,24)(H,21,23)/t20-;14-/m00/s1. The van der Waals surface area contributed by atoms with Crippen LogP contribution in [-0.2, 0) is 28.7 Å². The van der Waals surface area contributed by atoms with E-state index in [2.05, 4.69) is 37.2 Å². The van der Waals surface area contributed by atoms with Crippen LogP contribution in [0.25, 0.3) is 0 Å². The normalized spacial score (nSPS) is 15.6. The van der Waals surface area contributed by atoms with Gasteiger partial charge in [-0.05, 0) is 118 Å². The van der Waals surface area contributed by atoms with Gasteiger partial charge in [-0.1, -0.05) is 47.7 Å². The summed E-state index contributed by atoms with van der Waals surface area (Å²) in [4.78, 5) is 72.9. The van der Waals surface area contributed by atoms with Crippen LogP contribution in [0, 0.1) is 17.7 Å². The zero-order chi connectivity index (χ0) is 42.4. The molecule has 2 aliphatic rings. The van der Waals surface area contributed by atoms with Gasteiger partial charge in [0.15, 0.2) is 11.6 Å². The monoisotopic (exact) mass is 868 g/mol. The molecule has 0 saturated heterocycles. The van der Waals surface area contributed by atoms with E-state index in [-0.39, 0.29) is 52.9 Å². The van der Waals surface area contributed by atoms with Crippen molar-refractivity contribution in [3.05, 3.63) is 30.1 Å². The van der Waals surface area contributed by atoms with Crippen molar-refractivity contribution in [2.45, 2.75) is 155 Å². The van der Waals surface area contributed by atoms with Crippen molar-refractivity contribution in [2.24, 2.45) is 11.8 Å². The fraction of sp³-hybridized carbons (Fsp3) is 0.714. The van der Waals surface area contributed by atoms with Gasteiger partial charge in [-0.25, -0.2) is 14.0 Å². The molecule has 2 fully saturated rings. The van der Waals surface area contributed by atoms with Crippen LogP contribution in [0.4, 0.5) is 14.0 Å². The first-order valence-electron chi connectivity index (χ1n) is 20.4. The number of alkyl carbamates (subject to hydrolysis) is 2. The summed E-state index contributed by atoms with van der Waals surface area (Å²) in [5.41, 5.74) is -1.07. The smallest absolute Gasteiger partial charge is 0.407 e. The van der Waals surface area contributed by atoms with Crippen LogP contribution in [0.5, 0.6) is 5.75 Å². The second-order valence-electron chi connectivity index (χ2n) is 16.7. The molecule has 0 heterocycles. The molecule has 13 nitrogen and oxygen atoms in total. The highest BCUT2D eigenvalue weighted by molar-refractivity contribution is 9.09. The maximum Gasteiger partial charge on any atom is 0.407 e. The number of benzene rings is 1. The predicted molar refractivity (Wildman–Crippen MR) is 220 cm³/mol. The maximum absolute atomic E-state index is 13.3. The third kappa shape index (κ3) is 22.1. The summed E-state index contributed by atoms with van der Waals surface area (Å²) in [6, 6.07) is 4.45. The number of unbranched alkanes of at least 4 members (excludes halogenated alkanes) is 2. The SMILES string of the molecule is CC(C)(C)OC(=O)NCCCC[C@H](NC(=O)C1CCCC1)C(=O)CBr.CC(C)(C)OC(=O)NCCCC[C@H](NC(=O)C1CCCC1)C(=O)COc1cccc(F)c1. The molecule has 2 saturated carbocycles. The van der Waals surface area contributed by atoms with Crippen LogP contribution in [0.2, 0.25) is 0 Å². The lowest BCUT2D eigenvalue weighted by molar-refractivity contribution is -0.131. The fourth-order valence-electron chi connectivity index (χ4n) is 6.44. The summed E-state index contributed by atoms with van der Waals surface area (Å²) in [6.45, 7) is 11.5. The lowest BCUT2D eigenvalue weighted by Gasteiger charge is -2.21. The van der Waals surface area contributed by atoms with E-state index >= 15 is 0 Å². The second-order valence-corrected chi connectivity index (χ2v) is 17.3. The number of halogens is 2. The first kappa shape index (κ1) is 49.4. The molecule has 2 aliphatic carbocycles. The molecule has 1 aromatic carbocycles. The summed E-state index contributed by atoms with van der Waals surface area (Å²) in [5, 5.41) is 11.4. The number of hydrogen-bond acceptors (Lipinski definition) is 9. The molecule has 2 atom stereocenters. The Balaban J connectivity index is 0.000000406. The molecule has 3 rings (SSSR count). The van der Waals surface area contributed by atoms with Gasteiger partial charge >= 0.3 is 12.2 Å². The fourth-order valence-corrected chi connectivity index (χ4v) is 6.83. The molecular formula is C42H66BrFN4O9. The molecule has 4 amide bonds. The Kier molecular flexibility index (Phi) is 22.2. The van der Waals surface area contributed by atoms with E-state index in [1.54, 1.807) is 26.8 Å². The van der Waals surface area contributed by atoms with E-state index in [0.29, 0.717) is 38.8 Å². The average molecular weight is 870 g/mol. The van der Waals surface area contributed by atoms with Crippen LogP contribution < -0.4 is 26.0 Å². The number of amides is 4. The van der Waals surface area contributed by atoms with Crippen molar-refractivity contribution in [2.75, 3.05) is 25.0 Å². The van der Waals surface area contributed by atoms with E-state index in [0.717, 1.165) is 64.2 Å². The van der Waals surface area contributed by atoms with Crippen LogP contribution in [0.1, 0.15) is 131 Å². The number of ketones is 2. The Morgan fingerprint density at radius 1 is 0.702 bits per heavy atom. The Morgan fingerprint density at radius 3 is 1.54 bits per heavy atom. The second kappa shape index (κ2) is 25.6. The third-order valence-electron chi connectivity index (χ3n) is 9.35. The number of hydrogen-bond donors (Lipinski definition) is 4. The summed E-state index contributed by atoms with van der Waals surface area (Å²) >= 11 is 3.18. The summed E-state index contributed by atoms with van der Waals surface area (Å²) < 4.78 is 29.1. The van der Waals surface area contributed by atoms with Crippen molar-refractivity contribution >= 4 is 51.5 Å². The zero-order valence-corrected chi connectivity index (χ0v) is 36.4. The van der Waals surface area contributed by atoms with Gasteiger partial charge in [0.25, 0.3) is 0 Å². The molecule has 4 N–H and O–H groups in total. The molecule has 0 aliphatic heterocycles. The number of rotatable bonds is 20. The summed E-state index contributed by atoms with van der Waals surface area (Å²) in [6.07, 6.45) is 10.6. The Bertz CT molecular complexity index is 1440. The third-order valence-corrected chi connectivity index (χ3v) is 9.90. The van der Waals surface area contributed by atoms with Crippen LogP contribution in [0.15, 0.2) is 24.3 Å². The topological polar surface area (TPSA) is 178 Å². The van der Waals surface area contributed by atoms with Crippen molar-refractivity contribution in [1.29, 1.82) is 0 Å². The largest absolute Gasteiger partial charge is 0.486 e. The first-order valence-corrected chi connectivity index (χ1v) is 21.5. The number of nitrogens with one attached hydrogen (secondary N) is 4. The molecule has 57 heavy (non-hydrogen) atoms. The molecule has 0 aromatic heterocycles. The van der Waals surface area contributed by atoms with Gasteiger partial charge in [0.05, 0.1) is 17.4 Å². The summed E-state index contributed by atoms with van der Waals surface area (Å²) in [7, 11) is 0. The van der Waals surface area contributed by atoms with E-state index in [9.17, 15) is 33.2 Å². The average Bonchev–Trinajstić information content (AvgIpc) is 3.87. The van der Waals surface area contributed by atoms with Crippen molar-refractivity contribution in [3.63, 3.8) is 0 Å². The molecule has 0 spiro atoms. The quantitative estimate of drug-likeness (QED) is 0.0765. The van der Waals surface area contributed by atoms with E-state index in [4.69, 9.17) is 14.2 Å². The zero-order valence-electron chi connectivity index (χ0n) is 34.8. The van der Waals surface area contributed by atoms with Crippen molar-refractivity contribution in [3.8, 4) is 5.75 Å². The molecule has 1 aromatic rings. The first-order chi connectivity index (χ1) is 26.9. The predicted octanol–water partition coefficient (Wildman–Crippen LogP) is 7.46. The van der Waals surface area contributed by atoms with Crippen LogP contribution >= 0.6 is 15.9 Å². The van der Waals surface area contributed by atoms with Crippen LogP contribution in [0.3, 0.4) is 0 Å². The Labute approximate surface area is 346 Å². The number of alkyl halides is 1. The van der Waals surface area contributed by atoms with Gasteiger partial charge < -0.3 is 35.5 Å². The minimum atomic E-state index is -0.682. The van der Waals surface area contributed by atoms with Crippen molar-refractivity contribution < 1.29 is 47.4 Å². The Hall–Kier alpha value is -3.75. The van der Waals surface area contributed by atoms with Gasteiger partial charge in [0.2, 0.25) is 11.8 Å². The minimum Gasteiger partial charge on any atom is -0.486 e. The highest BCUT2D eigenvalue weighted by Crippen LogP contribution is 2.26. The highest BCUT2D eigenvalue weighted by Gasteiger charge is 2.29. The lowest BCUT2D eigenvalue weighted by atomic mass is 10.0. The molecule has 322 valence electrons. The lowest BCUT2D eigenvalue weighted by Crippen LogP contribution is -2.45. The van der Waals surface area contributed by atoms with E-state index in [1.807, 2.05) is 20.8 Å². The molecule has 15 heteroatoms. The Morgan fingerprint density at radius 2 is 1.14 bits per heavy atom. The van der Waals surface area contributed by atoms with Gasteiger partial charge in [-0.3, -0.25) is 19.2 Å². The van der Waals surface area contributed by atoms with E-state index in [1.165, 1.54) is 18.2 Å². The molecular weight excluding hydrogens is 803 g/mol. The van der Waals surface area contributed by atoms with Gasteiger partial charge in [0, 0.05) is 31.0 Å². The van der Waals surface area contributed by atoms with Gasteiger partial charge in [-0.15, -0.1) is 0 Å².